The first-order valence-electron chi connectivity index (χ1n) is 8.57. The first-order chi connectivity index (χ1) is 11.9. The van der Waals surface area contributed by atoms with Gasteiger partial charge in [0.15, 0.2) is 0 Å². The average Bonchev–Trinajstić information content (AvgIpc) is 2.86. The zero-order chi connectivity index (χ0) is 18.6. The number of ether oxygens (including phenoxy) is 2. The van der Waals surface area contributed by atoms with Gasteiger partial charge in [-0.2, -0.15) is 0 Å². The summed E-state index contributed by atoms with van der Waals surface area (Å²) in [4.78, 5) is 24.3. The van der Waals surface area contributed by atoms with E-state index in [1.165, 1.54) is 0 Å². The lowest BCUT2D eigenvalue weighted by molar-refractivity contribution is -0.147. The van der Waals surface area contributed by atoms with Crippen molar-refractivity contribution in [2.24, 2.45) is 5.92 Å². The number of hydrogen-bond acceptors (Lipinski definition) is 5. The van der Waals surface area contributed by atoms with E-state index >= 15 is 0 Å². The number of aliphatic hydroxyl groups excluding tert-OH is 1. The molecule has 5 nitrogen and oxygen atoms in total. The van der Waals surface area contributed by atoms with Crippen LogP contribution in [0.2, 0.25) is 0 Å². The molecular formula is C20H26O5. The molecule has 0 aromatic carbocycles. The van der Waals surface area contributed by atoms with Gasteiger partial charge < -0.3 is 14.6 Å². The topological polar surface area (TPSA) is 72.8 Å². The summed E-state index contributed by atoms with van der Waals surface area (Å²) in [5.41, 5.74) is 2.69. The molecule has 2 rings (SSSR count). The zero-order valence-electron chi connectivity index (χ0n) is 15.1. The van der Waals surface area contributed by atoms with E-state index in [1.807, 2.05) is 6.92 Å². The van der Waals surface area contributed by atoms with E-state index in [2.05, 4.69) is 12.7 Å². The molecule has 0 aromatic rings. The standard InChI is InChI=1S/C20H26O5/c1-5-13(3)19(22)24-16-9-12(2)7-6-8-15(11-21)10-17-18(16)14(4)20(23)25-17/h5,7,10,16-18,21H,4,6,8-9,11H2,1-3H3. The Balaban J connectivity index is 2.40. The van der Waals surface area contributed by atoms with E-state index < -0.39 is 30.1 Å². The largest absolute Gasteiger partial charge is 0.458 e. The average molecular weight is 346 g/mol. The van der Waals surface area contributed by atoms with Gasteiger partial charge in [0.1, 0.15) is 12.2 Å². The van der Waals surface area contributed by atoms with Crippen LogP contribution in [-0.4, -0.2) is 35.9 Å². The number of carbonyl (C=O) groups excluding carboxylic acids is 2. The predicted molar refractivity (Wildman–Crippen MR) is 94.6 cm³/mol. The SMILES string of the molecule is C=C1C(=O)OC2C=C(CO)CCC=C(C)CC(OC(=O)C(C)=CC)C12. The van der Waals surface area contributed by atoms with Crippen LogP contribution in [0.25, 0.3) is 0 Å². The number of carbonyl (C=O) groups is 2. The zero-order valence-corrected chi connectivity index (χ0v) is 15.1. The fourth-order valence-electron chi connectivity index (χ4n) is 3.12. The fourth-order valence-corrected chi connectivity index (χ4v) is 3.12. The Kier molecular flexibility index (Phi) is 6.37. The number of hydrogen-bond donors (Lipinski definition) is 1. The highest BCUT2D eigenvalue weighted by Gasteiger charge is 2.44. The number of rotatable bonds is 3. The molecule has 0 bridgehead atoms. The third kappa shape index (κ3) is 4.48. The Hall–Kier alpha value is -2.14. The molecule has 0 amide bonds. The summed E-state index contributed by atoms with van der Waals surface area (Å²) in [5, 5.41) is 9.56. The molecule has 1 heterocycles. The van der Waals surface area contributed by atoms with Crippen molar-refractivity contribution in [2.75, 3.05) is 6.61 Å². The van der Waals surface area contributed by atoms with E-state index in [9.17, 15) is 14.7 Å². The second kappa shape index (κ2) is 8.30. The van der Waals surface area contributed by atoms with Crippen LogP contribution in [0.1, 0.15) is 40.0 Å². The van der Waals surface area contributed by atoms with Gasteiger partial charge >= 0.3 is 11.9 Å². The van der Waals surface area contributed by atoms with Gasteiger partial charge in [0.2, 0.25) is 0 Å². The number of esters is 2. The van der Waals surface area contributed by atoms with Crippen LogP contribution < -0.4 is 0 Å². The molecule has 1 aliphatic heterocycles. The van der Waals surface area contributed by atoms with Crippen LogP contribution in [0.5, 0.6) is 0 Å². The molecule has 136 valence electrons. The summed E-state index contributed by atoms with van der Waals surface area (Å²) in [5.74, 6) is -1.34. The van der Waals surface area contributed by atoms with Crippen molar-refractivity contribution in [1.29, 1.82) is 0 Å². The maximum absolute atomic E-state index is 12.3. The summed E-state index contributed by atoms with van der Waals surface area (Å²) < 4.78 is 11.1. The lowest BCUT2D eigenvalue weighted by Gasteiger charge is -2.27. The number of aliphatic hydroxyl groups is 1. The summed E-state index contributed by atoms with van der Waals surface area (Å²) in [6.07, 6.45) is 6.42. The van der Waals surface area contributed by atoms with Gasteiger partial charge in [-0.1, -0.05) is 24.3 Å². The molecule has 2 aliphatic rings. The molecule has 25 heavy (non-hydrogen) atoms. The van der Waals surface area contributed by atoms with Crippen LogP contribution in [0.4, 0.5) is 0 Å². The number of allylic oxidation sites excluding steroid dienone is 2. The summed E-state index contributed by atoms with van der Waals surface area (Å²) in [7, 11) is 0. The van der Waals surface area contributed by atoms with Crippen molar-refractivity contribution in [3.8, 4) is 0 Å². The minimum Gasteiger partial charge on any atom is -0.458 e. The maximum atomic E-state index is 12.3. The molecule has 1 N–H and O–H groups in total. The Morgan fingerprint density at radius 1 is 1.52 bits per heavy atom. The van der Waals surface area contributed by atoms with E-state index in [1.54, 1.807) is 26.0 Å². The highest BCUT2D eigenvalue weighted by Crippen LogP contribution is 2.36. The molecule has 3 atom stereocenters. The van der Waals surface area contributed by atoms with Crippen molar-refractivity contribution in [2.45, 2.75) is 52.2 Å². The first kappa shape index (κ1) is 19.2. The van der Waals surface area contributed by atoms with Crippen LogP contribution in [0.15, 0.2) is 47.1 Å². The van der Waals surface area contributed by atoms with E-state index in [0.717, 1.165) is 17.6 Å². The lowest BCUT2D eigenvalue weighted by Crippen LogP contribution is -2.33. The second-order valence-corrected chi connectivity index (χ2v) is 6.61. The molecule has 0 spiro atoms. The fraction of sp³-hybridized carbons (Fsp3) is 0.500. The van der Waals surface area contributed by atoms with Gasteiger partial charge in [-0.15, -0.1) is 0 Å². The van der Waals surface area contributed by atoms with Crippen molar-refractivity contribution in [3.63, 3.8) is 0 Å². The van der Waals surface area contributed by atoms with Crippen LogP contribution in [0.3, 0.4) is 0 Å². The van der Waals surface area contributed by atoms with Crippen molar-refractivity contribution in [1.82, 2.24) is 0 Å². The van der Waals surface area contributed by atoms with Gasteiger partial charge in [-0.3, -0.25) is 0 Å². The molecular weight excluding hydrogens is 320 g/mol. The molecule has 0 radical (unpaired) electrons. The van der Waals surface area contributed by atoms with E-state index in [4.69, 9.17) is 9.47 Å². The molecule has 1 aliphatic carbocycles. The Labute approximate surface area is 148 Å². The molecule has 5 heteroatoms. The molecule has 1 saturated heterocycles. The van der Waals surface area contributed by atoms with Gasteiger partial charge in [0.25, 0.3) is 0 Å². The third-order valence-corrected chi connectivity index (χ3v) is 4.76. The number of fused-ring (bicyclic) bond motifs is 1. The second-order valence-electron chi connectivity index (χ2n) is 6.61. The van der Waals surface area contributed by atoms with Crippen molar-refractivity contribution >= 4 is 11.9 Å². The van der Waals surface area contributed by atoms with Crippen LogP contribution >= 0.6 is 0 Å². The molecule has 0 aromatic heterocycles. The smallest absolute Gasteiger partial charge is 0.334 e. The minimum atomic E-state index is -0.572. The van der Waals surface area contributed by atoms with Crippen LogP contribution in [0, 0.1) is 5.92 Å². The first-order valence-corrected chi connectivity index (χ1v) is 8.57. The summed E-state index contributed by atoms with van der Waals surface area (Å²) in [6.45, 7) is 9.20. The highest BCUT2D eigenvalue weighted by atomic mass is 16.6. The van der Waals surface area contributed by atoms with Gasteiger partial charge in [-0.05, 0) is 45.3 Å². The Morgan fingerprint density at radius 2 is 2.24 bits per heavy atom. The summed E-state index contributed by atoms with van der Waals surface area (Å²) >= 11 is 0. The van der Waals surface area contributed by atoms with E-state index in [-0.39, 0.29) is 6.61 Å². The quantitative estimate of drug-likeness (QED) is 0.483. The lowest BCUT2D eigenvalue weighted by atomic mass is 9.85. The Morgan fingerprint density at radius 3 is 2.88 bits per heavy atom. The monoisotopic (exact) mass is 346 g/mol. The molecule has 0 saturated carbocycles. The molecule has 1 fully saturated rings. The highest BCUT2D eigenvalue weighted by molar-refractivity contribution is 5.92. The molecule has 3 unspecified atom stereocenters. The minimum absolute atomic E-state index is 0.0950. The van der Waals surface area contributed by atoms with Gasteiger partial charge in [0, 0.05) is 17.6 Å². The van der Waals surface area contributed by atoms with Crippen molar-refractivity contribution in [3.05, 3.63) is 47.1 Å². The van der Waals surface area contributed by atoms with Gasteiger partial charge in [-0.25, -0.2) is 9.59 Å². The van der Waals surface area contributed by atoms with Gasteiger partial charge in [0.05, 0.1) is 12.5 Å². The predicted octanol–water partition coefficient (Wildman–Crippen LogP) is 3.01. The van der Waals surface area contributed by atoms with Crippen molar-refractivity contribution < 1.29 is 24.2 Å². The maximum Gasteiger partial charge on any atom is 0.334 e. The van der Waals surface area contributed by atoms with E-state index in [0.29, 0.717) is 24.0 Å². The normalized spacial score (nSPS) is 27.8. The third-order valence-electron chi connectivity index (χ3n) is 4.76. The summed E-state index contributed by atoms with van der Waals surface area (Å²) in [6, 6.07) is 0. The Bertz CT molecular complexity index is 653. The van der Waals surface area contributed by atoms with Crippen LogP contribution in [-0.2, 0) is 19.1 Å².